The highest BCUT2D eigenvalue weighted by Crippen LogP contribution is 2.29. The zero-order valence-electron chi connectivity index (χ0n) is 17.2. The van der Waals surface area contributed by atoms with Crippen molar-refractivity contribution in [3.63, 3.8) is 0 Å². The molecular formula is C23H21Br2N3O2S. The molecule has 1 aromatic heterocycles. The van der Waals surface area contributed by atoms with E-state index in [1.54, 1.807) is 0 Å². The first-order valence-electron chi connectivity index (χ1n) is 9.44. The lowest BCUT2D eigenvalue weighted by molar-refractivity contribution is -0.122. The van der Waals surface area contributed by atoms with E-state index in [-0.39, 0.29) is 11.5 Å². The van der Waals surface area contributed by atoms with Crippen molar-refractivity contribution in [1.82, 2.24) is 4.98 Å². The highest BCUT2D eigenvalue weighted by molar-refractivity contribution is 9.11. The topological polar surface area (TPSA) is 71.1 Å². The quantitative estimate of drug-likeness (QED) is 0.321. The molecule has 31 heavy (non-hydrogen) atoms. The molecule has 0 fully saturated rings. The van der Waals surface area contributed by atoms with Gasteiger partial charge in [-0.05, 0) is 34.1 Å². The summed E-state index contributed by atoms with van der Waals surface area (Å²) in [5.74, 6) is -0.608. The number of hydrogen-bond donors (Lipinski definition) is 2. The van der Waals surface area contributed by atoms with Crippen LogP contribution in [0.5, 0.6) is 0 Å². The van der Waals surface area contributed by atoms with Crippen LogP contribution < -0.4 is 10.6 Å². The molecule has 1 amide bonds. The molecular weight excluding hydrogens is 542 g/mol. The molecule has 3 rings (SSSR count). The minimum absolute atomic E-state index is 0.138. The lowest BCUT2D eigenvalue weighted by Crippen LogP contribution is -2.24. The van der Waals surface area contributed by atoms with Gasteiger partial charge >= 0.3 is 0 Å². The number of allylic oxidation sites excluding steroid dienone is 1. The van der Waals surface area contributed by atoms with Crippen molar-refractivity contribution in [2.24, 2.45) is 5.41 Å². The van der Waals surface area contributed by atoms with Crippen molar-refractivity contribution < 1.29 is 9.59 Å². The molecule has 0 radical (unpaired) electrons. The number of rotatable bonds is 6. The number of ketones is 1. The van der Waals surface area contributed by atoms with Gasteiger partial charge in [-0.1, -0.05) is 67.0 Å². The fourth-order valence-electron chi connectivity index (χ4n) is 2.48. The van der Waals surface area contributed by atoms with Crippen molar-refractivity contribution in [3.05, 3.63) is 74.6 Å². The molecule has 0 aliphatic rings. The van der Waals surface area contributed by atoms with E-state index in [4.69, 9.17) is 0 Å². The lowest BCUT2D eigenvalue weighted by atomic mass is 9.90. The molecule has 0 saturated carbocycles. The Morgan fingerprint density at radius 3 is 2.39 bits per heavy atom. The number of halogens is 2. The van der Waals surface area contributed by atoms with E-state index in [9.17, 15) is 9.59 Å². The van der Waals surface area contributed by atoms with Crippen LogP contribution in [0.15, 0.2) is 74.6 Å². The Bertz CT molecular complexity index is 1140. The van der Waals surface area contributed by atoms with E-state index in [0.29, 0.717) is 10.8 Å². The minimum Gasteiger partial charge on any atom is -0.350 e. The summed E-state index contributed by atoms with van der Waals surface area (Å²) >= 11 is 8.22. The van der Waals surface area contributed by atoms with E-state index >= 15 is 0 Å². The smallest absolute Gasteiger partial charge is 0.273 e. The average molecular weight is 563 g/mol. The van der Waals surface area contributed by atoms with E-state index in [1.165, 1.54) is 17.4 Å². The van der Waals surface area contributed by atoms with Crippen LogP contribution in [-0.2, 0) is 9.59 Å². The van der Waals surface area contributed by atoms with Gasteiger partial charge in [0.15, 0.2) is 10.9 Å². The normalized spacial score (nSPS) is 11.8. The van der Waals surface area contributed by atoms with Gasteiger partial charge in [-0.2, -0.15) is 0 Å². The summed E-state index contributed by atoms with van der Waals surface area (Å²) in [6, 6.07) is 15.2. The fraction of sp³-hybridized carbons (Fsp3) is 0.174. The number of thiazole rings is 1. The summed E-state index contributed by atoms with van der Waals surface area (Å²) in [5, 5.41) is 8.21. The molecule has 2 N–H and O–H groups in total. The largest absolute Gasteiger partial charge is 0.350 e. The Hall–Kier alpha value is -2.29. The van der Waals surface area contributed by atoms with Crippen LogP contribution in [0.1, 0.15) is 20.8 Å². The van der Waals surface area contributed by atoms with E-state index in [2.05, 4.69) is 47.5 Å². The van der Waals surface area contributed by atoms with Gasteiger partial charge in [-0.15, -0.1) is 11.3 Å². The molecule has 1 heterocycles. The van der Waals surface area contributed by atoms with Crippen molar-refractivity contribution in [3.8, 4) is 11.3 Å². The number of carbonyl (C=O) groups excluding carboxylic acids is 2. The molecule has 0 aliphatic heterocycles. The Kier molecular flexibility index (Phi) is 7.46. The van der Waals surface area contributed by atoms with Crippen LogP contribution in [-0.4, -0.2) is 16.7 Å². The van der Waals surface area contributed by atoms with Gasteiger partial charge in [-0.3, -0.25) is 14.9 Å². The summed E-state index contributed by atoms with van der Waals surface area (Å²) in [7, 11) is 0. The predicted octanol–water partition coefficient (Wildman–Crippen LogP) is 6.88. The number of benzene rings is 2. The van der Waals surface area contributed by atoms with Crippen LogP contribution in [0, 0.1) is 5.41 Å². The second-order valence-electron chi connectivity index (χ2n) is 7.78. The van der Waals surface area contributed by atoms with Crippen LogP contribution in [0.25, 0.3) is 11.3 Å². The number of amides is 1. The summed E-state index contributed by atoms with van der Waals surface area (Å²) in [6.45, 7) is 5.43. The molecule has 0 aliphatic carbocycles. The van der Waals surface area contributed by atoms with Gasteiger partial charge in [0.25, 0.3) is 5.91 Å². The number of carbonyl (C=O) groups is 2. The van der Waals surface area contributed by atoms with E-state index in [1.807, 2.05) is 74.7 Å². The Labute approximate surface area is 202 Å². The molecule has 0 unspecified atom stereocenters. The molecule has 160 valence electrons. The number of nitrogens with zero attached hydrogens (tertiary/aromatic N) is 1. The maximum absolute atomic E-state index is 13.1. The zero-order chi connectivity index (χ0) is 22.6. The first-order chi connectivity index (χ1) is 14.6. The second-order valence-corrected chi connectivity index (χ2v) is 10.4. The number of anilines is 2. The van der Waals surface area contributed by atoms with Crippen LogP contribution in [0.3, 0.4) is 0 Å². The summed E-state index contributed by atoms with van der Waals surface area (Å²) in [5.41, 5.74) is 1.93. The highest BCUT2D eigenvalue weighted by atomic mass is 79.9. The summed E-state index contributed by atoms with van der Waals surface area (Å²) in [6.07, 6.45) is 1.34. The molecule has 0 bridgehead atoms. The van der Waals surface area contributed by atoms with Gasteiger partial charge in [0.2, 0.25) is 0 Å². The van der Waals surface area contributed by atoms with Crippen LogP contribution in [0.4, 0.5) is 10.8 Å². The van der Waals surface area contributed by atoms with E-state index in [0.717, 1.165) is 20.2 Å². The fourth-order valence-corrected chi connectivity index (χ4v) is 4.34. The molecule has 0 atom stereocenters. The van der Waals surface area contributed by atoms with Crippen molar-refractivity contribution >= 4 is 65.7 Å². The molecule has 0 spiro atoms. The van der Waals surface area contributed by atoms with Gasteiger partial charge in [0.05, 0.1) is 11.4 Å². The highest BCUT2D eigenvalue weighted by Gasteiger charge is 2.22. The first kappa shape index (κ1) is 23.4. The van der Waals surface area contributed by atoms with Crippen LogP contribution >= 0.6 is 43.2 Å². The number of nitrogens with one attached hydrogen (secondary N) is 2. The third-order valence-corrected chi connectivity index (χ3v) is 6.16. The molecule has 8 heteroatoms. The Balaban J connectivity index is 1.86. The number of hydrogen-bond acceptors (Lipinski definition) is 5. The third kappa shape index (κ3) is 6.35. The van der Waals surface area contributed by atoms with Crippen molar-refractivity contribution in [1.29, 1.82) is 0 Å². The van der Waals surface area contributed by atoms with Crippen LogP contribution in [0.2, 0.25) is 0 Å². The summed E-state index contributed by atoms with van der Waals surface area (Å²) in [4.78, 5) is 30.2. The predicted molar refractivity (Wildman–Crippen MR) is 134 cm³/mol. The molecule has 0 saturated heterocycles. The third-order valence-electron chi connectivity index (χ3n) is 4.25. The molecule has 3 aromatic rings. The van der Waals surface area contributed by atoms with Crippen molar-refractivity contribution in [2.75, 3.05) is 10.6 Å². The standard InChI is InChI=1S/C23H21Br2N3O2S/c1-23(2,3)20(29)12-18(26-17-10-9-15(24)11-16(17)25)21(30)28-22-27-19(13-31-22)14-7-5-4-6-8-14/h4-13,26H,1-3H3,(H,27,28,30). The zero-order valence-corrected chi connectivity index (χ0v) is 21.2. The van der Waals surface area contributed by atoms with Gasteiger partial charge < -0.3 is 5.32 Å². The average Bonchev–Trinajstić information content (AvgIpc) is 3.17. The van der Waals surface area contributed by atoms with Gasteiger partial charge in [0, 0.05) is 31.4 Å². The first-order valence-corrected chi connectivity index (χ1v) is 11.9. The Morgan fingerprint density at radius 1 is 1.03 bits per heavy atom. The maximum Gasteiger partial charge on any atom is 0.273 e. The van der Waals surface area contributed by atoms with Gasteiger partial charge in [0.1, 0.15) is 5.70 Å². The van der Waals surface area contributed by atoms with Gasteiger partial charge in [-0.25, -0.2) is 4.98 Å². The molecule has 5 nitrogen and oxygen atoms in total. The SMILES string of the molecule is CC(C)(C)C(=O)C=C(Nc1ccc(Br)cc1Br)C(=O)Nc1nc(-c2ccccc2)cs1. The monoisotopic (exact) mass is 561 g/mol. The Morgan fingerprint density at radius 2 is 1.74 bits per heavy atom. The van der Waals surface area contributed by atoms with E-state index < -0.39 is 11.3 Å². The lowest BCUT2D eigenvalue weighted by Gasteiger charge is -2.16. The maximum atomic E-state index is 13.1. The number of aromatic nitrogens is 1. The molecule has 2 aromatic carbocycles. The minimum atomic E-state index is -0.619. The second kappa shape index (κ2) is 9.89. The van der Waals surface area contributed by atoms with Crippen molar-refractivity contribution in [2.45, 2.75) is 20.8 Å². The summed E-state index contributed by atoms with van der Waals surface area (Å²) < 4.78 is 1.64.